The van der Waals surface area contributed by atoms with Gasteiger partial charge in [0, 0.05) is 36.5 Å². The Kier molecular flexibility index (Phi) is 5.69. The molecule has 0 unspecified atom stereocenters. The maximum Gasteiger partial charge on any atom is 0.192 e. The summed E-state index contributed by atoms with van der Waals surface area (Å²) >= 11 is 0. The highest BCUT2D eigenvalue weighted by atomic mass is 28.4. The summed E-state index contributed by atoms with van der Waals surface area (Å²) < 4.78 is 7.13. The van der Waals surface area contributed by atoms with Crippen LogP contribution < -0.4 is 0 Å². The van der Waals surface area contributed by atoms with Gasteiger partial charge in [-0.05, 0) is 65.4 Å². The van der Waals surface area contributed by atoms with Crippen molar-refractivity contribution in [3.8, 4) is 0 Å². The monoisotopic (exact) mass is 409 g/mol. The SMILES string of the molecule is CC[Si](CC)(CC)O[C@@H]1C[C@H]2CC(=O)CC[C@]2(C)[C@H]1c1ccc2ccncc2c1. The standard InChI is InChI=1S/C25H35NO2Si/c1-5-29(6-2,7-3)28-23-16-21-15-22(27)10-12-25(21,4)24(23)19-9-8-18-11-13-26-17-20(18)14-19/h8-9,11,13-14,17,21,23-24H,5-7,10,12,15-16H2,1-4H3/t21-,23-,24+,25+/m1/s1. The molecule has 2 aromatic rings. The van der Waals surface area contributed by atoms with Gasteiger partial charge in [-0.15, -0.1) is 0 Å². The van der Waals surface area contributed by atoms with E-state index in [2.05, 4.69) is 56.9 Å². The van der Waals surface area contributed by atoms with Gasteiger partial charge in [-0.1, -0.05) is 39.8 Å². The zero-order valence-corrected chi connectivity index (χ0v) is 19.4. The highest BCUT2D eigenvalue weighted by molar-refractivity contribution is 6.73. The van der Waals surface area contributed by atoms with Crippen molar-refractivity contribution in [3.05, 3.63) is 42.2 Å². The molecule has 4 atom stereocenters. The van der Waals surface area contributed by atoms with Crippen LogP contribution in [0.15, 0.2) is 36.7 Å². The molecule has 29 heavy (non-hydrogen) atoms. The van der Waals surface area contributed by atoms with Gasteiger partial charge in [0.15, 0.2) is 8.32 Å². The van der Waals surface area contributed by atoms with Crippen molar-refractivity contribution in [1.82, 2.24) is 4.98 Å². The molecule has 2 fully saturated rings. The van der Waals surface area contributed by atoms with Gasteiger partial charge < -0.3 is 4.43 Å². The second-order valence-electron chi connectivity index (χ2n) is 9.54. The van der Waals surface area contributed by atoms with Crippen LogP contribution in [0.1, 0.15) is 64.9 Å². The summed E-state index contributed by atoms with van der Waals surface area (Å²) in [5.74, 6) is 1.25. The van der Waals surface area contributed by atoms with E-state index in [0.29, 0.717) is 17.6 Å². The third-order valence-corrected chi connectivity index (χ3v) is 13.0. The largest absolute Gasteiger partial charge is 0.413 e. The number of hydrogen-bond donors (Lipinski definition) is 0. The number of carbonyl (C=O) groups is 1. The van der Waals surface area contributed by atoms with Crippen LogP contribution in [-0.2, 0) is 9.22 Å². The van der Waals surface area contributed by atoms with Crippen LogP contribution in [0.2, 0.25) is 18.1 Å². The molecule has 2 saturated carbocycles. The molecule has 0 spiro atoms. The smallest absolute Gasteiger partial charge is 0.192 e. The van der Waals surface area contributed by atoms with Crippen LogP contribution >= 0.6 is 0 Å². The lowest BCUT2D eigenvalue weighted by Crippen LogP contribution is -2.42. The van der Waals surface area contributed by atoms with E-state index in [0.717, 1.165) is 25.7 Å². The Bertz CT molecular complexity index is 885. The molecule has 0 radical (unpaired) electrons. The Morgan fingerprint density at radius 2 is 1.90 bits per heavy atom. The van der Waals surface area contributed by atoms with Crippen molar-refractivity contribution in [2.45, 2.75) is 83.5 Å². The molecule has 1 aromatic carbocycles. The normalized spacial score (nSPS) is 29.9. The van der Waals surface area contributed by atoms with Crippen LogP contribution in [0.4, 0.5) is 0 Å². The first kappa shape index (κ1) is 20.7. The first-order valence-corrected chi connectivity index (χ1v) is 14.0. The third-order valence-electron chi connectivity index (χ3n) is 8.31. The lowest BCUT2D eigenvalue weighted by atomic mass is 9.63. The zero-order valence-electron chi connectivity index (χ0n) is 18.4. The molecular formula is C25H35NO2Si. The Balaban J connectivity index is 1.77. The number of hydrogen-bond acceptors (Lipinski definition) is 3. The zero-order chi connectivity index (χ0) is 20.6. The molecule has 4 heteroatoms. The molecule has 0 saturated heterocycles. The summed E-state index contributed by atoms with van der Waals surface area (Å²) in [4.78, 5) is 16.6. The molecule has 3 nitrogen and oxygen atoms in total. The number of ketones is 1. The molecule has 0 bridgehead atoms. The van der Waals surface area contributed by atoms with Crippen LogP contribution in [0.5, 0.6) is 0 Å². The summed E-state index contributed by atoms with van der Waals surface area (Å²) in [5, 5.41) is 2.44. The van der Waals surface area contributed by atoms with Gasteiger partial charge in [-0.3, -0.25) is 9.78 Å². The highest BCUT2D eigenvalue weighted by Gasteiger charge is 2.56. The summed E-state index contributed by atoms with van der Waals surface area (Å²) in [6.07, 6.45) is 7.55. The second-order valence-corrected chi connectivity index (χ2v) is 14.3. The lowest BCUT2D eigenvalue weighted by Gasteiger charge is -2.42. The summed E-state index contributed by atoms with van der Waals surface area (Å²) in [7, 11) is -1.72. The quantitative estimate of drug-likeness (QED) is 0.512. The van der Waals surface area contributed by atoms with Gasteiger partial charge in [0.05, 0.1) is 6.10 Å². The molecule has 2 aliphatic rings. The van der Waals surface area contributed by atoms with Gasteiger partial charge >= 0.3 is 0 Å². The molecular weight excluding hydrogens is 374 g/mol. The minimum absolute atomic E-state index is 0.143. The van der Waals surface area contributed by atoms with Crippen LogP contribution in [-0.4, -0.2) is 25.2 Å². The molecule has 156 valence electrons. The Morgan fingerprint density at radius 3 is 2.62 bits per heavy atom. The van der Waals surface area contributed by atoms with Crippen molar-refractivity contribution in [2.75, 3.05) is 0 Å². The first-order chi connectivity index (χ1) is 13.9. The molecule has 2 aliphatic carbocycles. The molecule has 0 N–H and O–H groups in total. The number of fused-ring (bicyclic) bond motifs is 2. The number of benzene rings is 1. The van der Waals surface area contributed by atoms with Gasteiger partial charge in [-0.2, -0.15) is 0 Å². The fourth-order valence-electron chi connectivity index (χ4n) is 6.16. The summed E-state index contributed by atoms with van der Waals surface area (Å²) in [5.41, 5.74) is 1.52. The predicted octanol–water partition coefficient (Wildman–Crippen LogP) is 6.49. The highest BCUT2D eigenvalue weighted by Crippen LogP contribution is 2.60. The maximum atomic E-state index is 12.3. The van der Waals surface area contributed by atoms with E-state index in [1.54, 1.807) is 0 Å². The Labute approximate surface area is 176 Å². The van der Waals surface area contributed by atoms with Crippen molar-refractivity contribution < 1.29 is 9.22 Å². The van der Waals surface area contributed by atoms with E-state index in [4.69, 9.17) is 4.43 Å². The van der Waals surface area contributed by atoms with Crippen molar-refractivity contribution in [3.63, 3.8) is 0 Å². The van der Waals surface area contributed by atoms with Gasteiger partial charge in [0.2, 0.25) is 0 Å². The fraction of sp³-hybridized carbons (Fsp3) is 0.600. The molecule has 1 aromatic heterocycles. The number of rotatable bonds is 6. The molecule has 0 aliphatic heterocycles. The predicted molar refractivity (Wildman–Crippen MR) is 122 cm³/mol. The molecule has 4 rings (SSSR count). The third kappa shape index (κ3) is 3.59. The van der Waals surface area contributed by atoms with Gasteiger partial charge in [0.1, 0.15) is 5.78 Å². The van der Waals surface area contributed by atoms with Gasteiger partial charge in [0.25, 0.3) is 0 Å². The topological polar surface area (TPSA) is 39.2 Å². The van der Waals surface area contributed by atoms with Crippen LogP contribution in [0.3, 0.4) is 0 Å². The minimum Gasteiger partial charge on any atom is -0.413 e. The number of carbonyl (C=O) groups excluding carboxylic acids is 1. The first-order valence-electron chi connectivity index (χ1n) is 11.5. The van der Waals surface area contributed by atoms with E-state index in [-0.39, 0.29) is 11.5 Å². The second kappa shape index (κ2) is 7.96. The average Bonchev–Trinajstić information content (AvgIpc) is 3.02. The number of nitrogens with zero attached hydrogens (tertiary/aromatic N) is 1. The van der Waals surface area contributed by atoms with E-state index in [9.17, 15) is 4.79 Å². The number of pyridine rings is 1. The van der Waals surface area contributed by atoms with Crippen LogP contribution in [0, 0.1) is 11.3 Å². The van der Waals surface area contributed by atoms with Gasteiger partial charge in [-0.25, -0.2) is 0 Å². The Morgan fingerprint density at radius 1 is 1.14 bits per heavy atom. The molecule has 0 amide bonds. The van der Waals surface area contributed by atoms with Crippen LogP contribution in [0.25, 0.3) is 10.8 Å². The maximum absolute atomic E-state index is 12.3. The van der Waals surface area contributed by atoms with E-state index >= 15 is 0 Å². The van der Waals surface area contributed by atoms with Crippen molar-refractivity contribution in [2.24, 2.45) is 11.3 Å². The number of aromatic nitrogens is 1. The lowest BCUT2D eigenvalue weighted by molar-refractivity contribution is -0.124. The Hall–Kier alpha value is -1.52. The minimum atomic E-state index is -1.72. The average molecular weight is 410 g/mol. The summed E-state index contributed by atoms with van der Waals surface area (Å²) in [6.45, 7) is 9.36. The van der Waals surface area contributed by atoms with Crippen molar-refractivity contribution in [1.29, 1.82) is 0 Å². The fourth-order valence-corrected chi connectivity index (χ4v) is 9.03. The van der Waals surface area contributed by atoms with E-state index in [1.165, 1.54) is 34.5 Å². The molecule has 1 heterocycles. The summed E-state index contributed by atoms with van der Waals surface area (Å²) in [6, 6.07) is 12.5. The van der Waals surface area contributed by atoms with Crippen molar-refractivity contribution >= 4 is 24.9 Å². The number of Topliss-reactive ketones (excluding diaryl/α,β-unsaturated/α-hetero) is 1. The van der Waals surface area contributed by atoms with E-state index < -0.39 is 8.32 Å². The van der Waals surface area contributed by atoms with E-state index in [1.807, 2.05) is 12.4 Å².